The Bertz CT molecular complexity index is 590. The Kier molecular flexibility index (Phi) is 4.05. The highest BCUT2D eigenvalue weighted by Crippen LogP contribution is 2.29. The van der Waals surface area contributed by atoms with Crippen LogP contribution < -0.4 is 4.74 Å². The van der Waals surface area contributed by atoms with Gasteiger partial charge in [-0.1, -0.05) is 37.3 Å². The SMILES string of the molecule is COc1ccc(CC[C@H](C)C(=O)O)c2ccccc12. The van der Waals surface area contributed by atoms with Gasteiger partial charge in [0, 0.05) is 5.39 Å². The highest BCUT2D eigenvalue weighted by atomic mass is 16.5. The third-order valence-corrected chi connectivity index (χ3v) is 3.46. The van der Waals surface area contributed by atoms with E-state index in [4.69, 9.17) is 9.84 Å². The van der Waals surface area contributed by atoms with Crippen LogP contribution in [-0.4, -0.2) is 18.2 Å². The van der Waals surface area contributed by atoms with Gasteiger partial charge in [-0.2, -0.15) is 0 Å². The summed E-state index contributed by atoms with van der Waals surface area (Å²) in [5, 5.41) is 11.1. The third-order valence-electron chi connectivity index (χ3n) is 3.46. The monoisotopic (exact) mass is 258 g/mol. The molecule has 3 nitrogen and oxygen atoms in total. The van der Waals surface area contributed by atoms with Gasteiger partial charge in [0.25, 0.3) is 0 Å². The quantitative estimate of drug-likeness (QED) is 0.892. The number of rotatable bonds is 5. The van der Waals surface area contributed by atoms with Crippen molar-refractivity contribution < 1.29 is 14.6 Å². The fraction of sp³-hybridized carbons (Fsp3) is 0.312. The van der Waals surface area contributed by atoms with Gasteiger partial charge in [0.1, 0.15) is 5.75 Å². The summed E-state index contributed by atoms with van der Waals surface area (Å²) >= 11 is 0. The number of aliphatic carboxylic acids is 1. The predicted octanol–water partition coefficient (Wildman–Crippen LogP) is 3.50. The topological polar surface area (TPSA) is 46.5 Å². The number of carbonyl (C=O) groups is 1. The maximum atomic E-state index is 10.9. The van der Waals surface area contributed by atoms with E-state index in [2.05, 4.69) is 6.07 Å². The summed E-state index contributed by atoms with van der Waals surface area (Å²) in [5.74, 6) is -0.204. The molecule has 0 aliphatic rings. The smallest absolute Gasteiger partial charge is 0.306 e. The average Bonchev–Trinajstić information content (AvgIpc) is 2.44. The fourth-order valence-electron chi connectivity index (χ4n) is 2.23. The van der Waals surface area contributed by atoms with E-state index in [9.17, 15) is 4.79 Å². The standard InChI is InChI=1S/C16H18O3/c1-11(16(17)18)7-8-12-9-10-15(19-2)14-6-4-3-5-13(12)14/h3-6,9-11H,7-8H2,1-2H3,(H,17,18)/t11-/m0/s1. The van der Waals surface area contributed by atoms with Crippen molar-refractivity contribution in [3.63, 3.8) is 0 Å². The molecule has 0 aromatic heterocycles. The van der Waals surface area contributed by atoms with Crippen LogP contribution in [0.15, 0.2) is 36.4 Å². The molecular weight excluding hydrogens is 240 g/mol. The summed E-state index contributed by atoms with van der Waals surface area (Å²) in [4.78, 5) is 10.9. The Morgan fingerprint density at radius 1 is 1.21 bits per heavy atom. The van der Waals surface area contributed by atoms with Crippen LogP contribution in [0.25, 0.3) is 10.8 Å². The first-order valence-electron chi connectivity index (χ1n) is 6.41. The molecule has 1 N–H and O–H groups in total. The molecule has 0 heterocycles. The van der Waals surface area contributed by atoms with Crippen molar-refractivity contribution in [2.45, 2.75) is 19.8 Å². The molecule has 0 spiro atoms. The van der Waals surface area contributed by atoms with Crippen molar-refractivity contribution in [3.8, 4) is 5.75 Å². The molecule has 0 aliphatic heterocycles. The molecule has 19 heavy (non-hydrogen) atoms. The minimum atomic E-state index is -0.738. The van der Waals surface area contributed by atoms with Crippen LogP contribution in [0.4, 0.5) is 0 Å². The molecule has 3 heteroatoms. The van der Waals surface area contributed by atoms with Crippen molar-refractivity contribution in [1.29, 1.82) is 0 Å². The van der Waals surface area contributed by atoms with Crippen molar-refractivity contribution in [3.05, 3.63) is 42.0 Å². The highest BCUT2D eigenvalue weighted by molar-refractivity contribution is 5.91. The summed E-state index contributed by atoms with van der Waals surface area (Å²) < 4.78 is 5.35. The second-order valence-electron chi connectivity index (χ2n) is 4.75. The molecule has 0 saturated carbocycles. The number of carboxylic acids is 1. The summed E-state index contributed by atoms with van der Waals surface area (Å²) in [6.45, 7) is 1.74. The van der Waals surface area contributed by atoms with E-state index in [1.807, 2.05) is 30.3 Å². The van der Waals surface area contributed by atoms with Crippen molar-refractivity contribution in [1.82, 2.24) is 0 Å². The fourth-order valence-corrected chi connectivity index (χ4v) is 2.23. The largest absolute Gasteiger partial charge is 0.496 e. The molecular formula is C16H18O3. The van der Waals surface area contributed by atoms with E-state index in [0.717, 1.165) is 22.9 Å². The van der Waals surface area contributed by atoms with Crippen LogP contribution in [-0.2, 0) is 11.2 Å². The lowest BCUT2D eigenvalue weighted by Crippen LogP contribution is -2.10. The van der Waals surface area contributed by atoms with Gasteiger partial charge in [0.2, 0.25) is 0 Å². The van der Waals surface area contributed by atoms with Gasteiger partial charge in [0.15, 0.2) is 0 Å². The van der Waals surface area contributed by atoms with Gasteiger partial charge in [-0.05, 0) is 29.9 Å². The minimum Gasteiger partial charge on any atom is -0.496 e. The zero-order chi connectivity index (χ0) is 13.8. The Hall–Kier alpha value is -2.03. The third kappa shape index (κ3) is 2.87. The molecule has 2 aromatic rings. The van der Waals surface area contributed by atoms with Gasteiger partial charge in [-0.3, -0.25) is 4.79 Å². The molecule has 0 radical (unpaired) electrons. The molecule has 2 rings (SSSR count). The first-order valence-corrected chi connectivity index (χ1v) is 6.41. The molecule has 0 amide bonds. The number of aryl methyl sites for hydroxylation is 1. The normalized spacial score (nSPS) is 12.3. The number of methoxy groups -OCH3 is 1. The molecule has 0 bridgehead atoms. The van der Waals surface area contributed by atoms with Crippen LogP contribution in [0.1, 0.15) is 18.9 Å². The summed E-state index contributed by atoms with van der Waals surface area (Å²) in [6, 6.07) is 12.0. The summed E-state index contributed by atoms with van der Waals surface area (Å²) in [6.07, 6.45) is 1.41. The van der Waals surface area contributed by atoms with Crippen LogP contribution in [0.5, 0.6) is 5.75 Å². The average molecular weight is 258 g/mol. The maximum Gasteiger partial charge on any atom is 0.306 e. The predicted molar refractivity (Wildman–Crippen MR) is 75.6 cm³/mol. The van der Waals surface area contributed by atoms with E-state index in [1.165, 1.54) is 5.56 Å². The van der Waals surface area contributed by atoms with Gasteiger partial charge >= 0.3 is 5.97 Å². The molecule has 0 aliphatic carbocycles. The van der Waals surface area contributed by atoms with Crippen molar-refractivity contribution in [2.75, 3.05) is 7.11 Å². The second-order valence-corrected chi connectivity index (χ2v) is 4.75. The van der Waals surface area contributed by atoms with Crippen molar-refractivity contribution in [2.24, 2.45) is 5.92 Å². The molecule has 0 saturated heterocycles. The van der Waals surface area contributed by atoms with E-state index in [0.29, 0.717) is 6.42 Å². The lowest BCUT2D eigenvalue weighted by molar-refractivity contribution is -0.141. The lowest BCUT2D eigenvalue weighted by atomic mass is 9.96. The molecule has 0 unspecified atom stereocenters. The minimum absolute atomic E-state index is 0.319. The van der Waals surface area contributed by atoms with Crippen LogP contribution in [0.2, 0.25) is 0 Å². The number of fused-ring (bicyclic) bond motifs is 1. The molecule has 1 atom stereocenters. The maximum absolute atomic E-state index is 10.9. The van der Waals surface area contributed by atoms with Crippen LogP contribution >= 0.6 is 0 Å². The van der Waals surface area contributed by atoms with Gasteiger partial charge in [-0.15, -0.1) is 0 Å². The van der Waals surface area contributed by atoms with Crippen molar-refractivity contribution >= 4 is 16.7 Å². The molecule has 100 valence electrons. The molecule has 0 fully saturated rings. The molecule has 2 aromatic carbocycles. The highest BCUT2D eigenvalue weighted by Gasteiger charge is 2.12. The Morgan fingerprint density at radius 3 is 2.53 bits per heavy atom. The summed E-state index contributed by atoms with van der Waals surface area (Å²) in [7, 11) is 1.66. The Morgan fingerprint density at radius 2 is 1.89 bits per heavy atom. The number of hydrogen-bond acceptors (Lipinski definition) is 2. The second kappa shape index (κ2) is 5.74. The lowest BCUT2D eigenvalue weighted by Gasteiger charge is -2.11. The van der Waals surface area contributed by atoms with Gasteiger partial charge < -0.3 is 9.84 Å². The van der Waals surface area contributed by atoms with E-state index in [-0.39, 0.29) is 5.92 Å². The number of benzene rings is 2. The Balaban J connectivity index is 2.32. The zero-order valence-electron chi connectivity index (χ0n) is 11.2. The summed E-state index contributed by atoms with van der Waals surface area (Å²) in [5.41, 5.74) is 1.17. The van der Waals surface area contributed by atoms with E-state index in [1.54, 1.807) is 14.0 Å². The van der Waals surface area contributed by atoms with Crippen LogP contribution in [0, 0.1) is 5.92 Å². The number of carboxylic acid groups (broad SMARTS) is 1. The number of hydrogen-bond donors (Lipinski definition) is 1. The number of ether oxygens (including phenoxy) is 1. The zero-order valence-corrected chi connectivity index (χ0v) is 11.2. The van der Waals surface area contributed by atoms with Gasteiger partial charge in [-0.25, -0.2) is 0 Å². The Labute approximate surface area is 112 Å². The first-order chi connectivity index (χ1) is 9.13. The van der Waals surface area contributed by atoms with Gasteiger partial charge in [0.05, 0.1) is 13.0 Å². The van der Waals surface area contributed by atoms with E-state index < -0.39 is 5.97 Å². The first kappa shape index (κ1) is 13.4. The van der Waals surface area contributed by atoms with E-state index >= 15 is 0 Å². The van der Waals surface area contributed by atoms with Crippen LogP contribution in [0.3, 0.4) is 0 Å².